The molecule has 12 heteroatoms. The fourth-order valence-corrected chi connectivity index (χ4v) is 5.93. The van der Waals surface area contributed by atoms with Crippen LogP contribution in [0.1, 0.15) is 22.3 Å². The normalized spacial score (nSPS) is 17.2. The first-order chi connectivity index (χ1) is 14.7. The van der Waals surface area contributed by atoms with Gasteiger partial charge >= 0.3 is 0 Å². The number of hydrogen-bond donors (Lipinski definition) is 1. The Labute approximate surface area is 184 Å². The monoisotopic (exact) mass is 467 g/mol. The van der Waals surface area contributed by atoms with E-state index in [0.29, 0.717) is 53.3 Å². The second-order valence-corrected chi connectivity index (χ2v) is 10.3. The molecular formula is C19H25N5O5S2. The van der Waals surface area contributed by atoms with Crippen LogP contribution in [0.25, 0.3) is 4.96 Å². The van der Waals surface area contributed by atoms with Crippen LogP contribution in [0.15, 0.2) is 18.2 Å². The highest BCUT2D eigenvalue weighted by Gasteiger charge is 2.35. The molecule has 1 aliphatic heterocycles. The summed E-state index contributed by atoms with van der Waals surface area (Å²) in [4.78, 5) is 7.77. The summed E-state index contributed by atoms with van der Waals surface area (Å²) in [5.41, 5.74) is 0.811. The summed E-state index contributed by atoms with van der Waals surface area (Å²) in [7, 11) is -0.111. The lowest BCUT2D eigenvalue weighted by atomic mass is 10.0. The number of aromatic hydroxyl groups is 1. The highest BCUT2D eigenvalue weighted by atomic mass is 32.2. The molecule has 0 bridgehead atoms. The van der Waals surface area contributed by atoms with E-state index < -0.39 is 10.0 Å². The molecule has 0 spiro atoms. The van der Waals surface area contributed by atoms with E-state index >= 15 is 0 Å². The van der Waals surface area contributed by atoms with Crippen molar-refractivity contribution in [2.75, 3.05) is 46.7 Å². The number of ether oxygens (including phenoxy) is 2. The maximum atomic E-state index is 12.0. The molecule has 10 nitrogen and oxygen atoms in total. The lowest BCUT2D eigenvalue weighted by Crippen LogP contribution is -2.49. The van der Waals surface area contributed by atoms with Gasteiger partial charge in [0.25, 0.3) is 0 Å². The molecule has 1 aliphatic rings. The lowest BCUT2D eigenvalue weighted by molar-refractivity contribution is 0.153. The van der Waals surface area contributed by atoms with E-state index in [1.54, 1.807) is 21.1 Å². The van der Waals surface area contributed by atoms with Crippen LogP contribution in [-0.4, -0.2) is 84.0 Å². The number of hydrogen-bond acceptors (Lipinski definition) is 9. The number of piperazine rings is 1. The third-order valence-electron chi connectivity index (χ3n) is 5.39. The Morgan fingerprint density at radius 1 is 1.16 bits per heavy atom. The summed E-state index contributed by atoms with van der Waals surface area (Å²) in [5.74, 6) is 1.73. The highest BCUT2D eigenvalue weighted by Crippen LogP contribution is 2.45. The Bertz CT molecular complexity index is 1200. The fraction of sp³-hybridized carbons (Fsp3) is 0.474. The van der Waals surface area contributed by atoms with Crippen molar-refractivity contribution in [1.82, 2.24) is 23.8 Å². The average Bonchev–Trinajstić information content (AvgIpc) is 3.25. The van der Waals surface area contributed by atoms with Gasteiger partial charge in [-0.15, -0.1) is 5.10 Å². The van der Waals surface area contributed by atoms with E-state index in [0.717, 1.165) is 5.56 Å². The van der Waals surface area contributed by atoms with Crippen molar-refractivity contribution in [2.24, 2.45) is 0 Å². The molecule has 0 radical (unpaired) electrons. The number of benzene rings is 1. The second kappa shape index (κ2) is 8.26. The Morgan fingerprint density at radius 3 is 2.45 bits per heavy atom. The zero-order chi connectivity index (χ0) is 22.3. The van der Waals surface area contributed by atoms with Crippen LogP contribution >= 0.6 is 11.3 Å². The van der Waals surface area contributed by atoms with Crippen molar-refractivity contribution in [3.8, 4) is 17.4 Å². The van der Waals surface area contributed by atoms with Crippen LogP contribution in [0.3, 0.4) is 0 Å². The van der Waals surface area contributed by atoms with Gasteiger partial charge in [0.1, 0.15) is 5.82 Å². The largest absolute Gasteiger partial charge is 0.493 e. The van der Waals surface area contributed by atoms with Crippen molar-refractivity contribution < 1.29 is 23.0 Å². The number of thiazole rings is 1. The minimum atomic E-state index is -3.26. The number of fused-ring (bicyclic) bond motifs is 1. The number of para-hydroxylation sites is 1. The van der Waals surface area contributed by atoms with E-state index in [-0.39, 0.29) is 11.9 Å². The third kappa shape index (κ3) is 3.95. The summed E-state index contributed by atoms with van der Waals surface area (Å²) >= 11 is 1.35. The number of rotatable bonds is 6. The SMILES string of the molecule is COc1cccc([C@@H](c2sc3nc(C)nn3c2O)N2CCN(S(C)(=O)=O)CC2)c1OC. The molecule has 31 heavy (non-hydrogen) atoms. The summed E-state index contributed by atoms with van der Waals surface area (Å²) in [5, 5.41) is 15.3. The maximum Gasteiger partial charge on any atom is 0.230 e. The van der Waals surface area contributed by atoms with Gasteiger partial charge < -0.3 is 14.6 Å². The number of methoxy groups -OCH3 is 2. The lowest BCUT2D eigenvalue weighted by Gasteiger charge is -2.38. The summed E-state index contributed by atoms with van der Waals surface area (Å²) in [6, 6.07) is 5.22. The summed E-state index contributed by atoms with van der Waals surface area (Å²) in [6.07, 6.45) is 1.22. The first-order valence-electron chi connectivity index (χ1n) is 9.69. The number of sulfonamides is 1. The van der Waals surface area contributed by atoms with Gasteiger partial charge in [-0.25, -0.2) is 13.4 Å². The molecular weight excluding hydrogens is 442 g/mol. The van der Waals surface area contributed by atoms with Crippen LogP contribution in [0.4, 0.5) is 0 Å². The van der Waals surface area contributed by atoms with Crippen LogP contribution in [0.5, 0.6) is 17.4 Å². The average molecular weight is 468 g/mol. The van der Waals surface area contributed by atoms with Crippen molar-refractivity contribution >= 4 is 26.3 Å². The quantitative estimate of drug-likeness (QED) is 0.581. The molecule has 1 saturated heterocycles. The molecule has 3 aromatic rings. The minimum absolute atomic E-state index is 0.0148. The standard InChI is InChI=1S/C19H25N5O5S2/c1-12-20-19-24(21-12)18(25)17(30-19)15(13-6-5-7-14(28-2)16(13)29-3)22-8-10-23(11-9-22)31(4,26)27/h5-7,15,25H,8-11H2,1-4H3/t15-/m0/s1. The molecule has 0 aliphatic carbocycles. The van der Waals surface area contributed by atoms with Gasteiger partial charge in [-0.1, -0.05) is 23.5 Å². The van der Waals surface area contributed by atoms with E-state index in [9.17, 15) is 13.5 Å². The van der Waals surface area contributed by atoms with Crippen molar-refractivity contribution in [3.05, 3.63) is 34.5 Å². The third-order valence-corrected chi connectivity index (χ3v) is 7.77. The Balaban J connectivity index is 1.82. The molecule has 0 unspecified atom stereocenters. The van der Waals surface area contributed by atoms with Crippen molar-refractivity contribution in [1.29, 1.82) is 0 Å². The Morgan fingerprint density at radius 2 is 1.87 bits per heavy atom. The fourth-order valence-electron chi connectivity index (χ4n) is 3.95. The zero-order valence-corrected chi connectivity index (χ0v) is 19.4. The van der Waals surface area contributed by atoms with Gasteiger partial charge in [0.05, 0.1) is 31.4 Å². The van der Waals surface area contributed by atoms with Gasteiger partial charge in [-0.2, -0.15) is 8.82 Å². The van der Waals surface area contributed by atoms with Crippen molar-refractivity contribution in [2.45, 2.75) is 13.0 Å². The first kappa shape index (κ1) is 21.8. The topological polar surface area (TPSA) is 110 Å². The first-order valence-corrected chi connectivity index (χ1v) is 12.4. The molecule has 168 valence electrons. The number of nitrogens with zero attached hydrogens (tertiary/aromatic N) is 5. The predicted molar refractivity (Wildman–Crippen MR) is 117 cm³/mol. The Hall–Kier alpha value is -2.41. The molecule has 4 rings (SSSR count). The van der Waals surface area contributed by atoms with Gasteiger partial charge in [0.15, 0.2) is 11.5 Å². The van der Waals surface area contributed by atoms with E-state index in [4.69, 9.17) is 9.47 Å². The van der Waals surface area contributed by atoms with Crippen molar-refractivity contribution in [3.63, 3.8) is 0 Å². The highest BCUT2D eigenvalue weighted by molar-refractivity contribution is 7.88. The Kier molecular flexibility index (Phi) is 5.81. The predicted octanol–water partition coefficient (Wildman–Crippen LogP) is 1.49. The van der Waals surface area contributed by atoms with Crippen LogP contribution in [0, 0.1) is 6.92 Å². The van der Waals surface area contributed by atoms with E-state index in [1.807, 2.05) is 18.2 Å². The summed E-state index contributed by atoms with van der Waals surface area (Å²) < 4.78 is 38.0. The number of aromatic nitrogens is 3. The molecule has 3 heterocycles. The van der Waals surface area contributed by atoms with Crippen LogP contribution in [0.2, 0.25) is 0 Å². The van der Waals surface area contributed by atoms with Gasteiger partial charge in [0.2, 0.25) is 20.9 Å². The smallest absolute Gasteiger partial charge is 0.230 e. The number of aryl methyl sites for hydroxylation is 1. The maximum absolute atomic E-state index is 12.0. The molecule has 1 fully saturated rings. The minimum Gasteiger partial charge on any atom is -0.493 e. The van der Waals surface area contributed by atoms with Gasteiger partial charge in [-0.3, -0.25) is 4.90 Å². The second-order valence-electron chi connectivity index (χ2n) is 7.33. The molecule has 2 aromatic heterocycles. The van der Waals surface area contributed by atoms with Gasteiger partial charge in [-0.05, 0) is 13.0 Å². The van der Waals surface area contributed by atoms with Crippen LogP contribution < -0.4 is 9.47 Å². The molecule has 1 aromatic carbocycles. The molecule has 0 amide bonds. The van der Waals surface area contributed by atoms with E-state index in [1.165, 1.54) is 26.4 Å². The zero-order valence-electron chi connectivity index (χ0n) is 17.8. The molecule has 1 atom stereocenters. The van der Waals surface area contributed by atoms with Gasteiger partial charge in [0, 0.05) is 31.7 Å². The molecule has 1 N–H and O–H groups in total. The van der Waals surface area contributed by atoms with Crippen LogP contribution in [-0.2, 0) is 10.0 Å². The van der Waals surface area contributed by atoms with E-state index in [2.05, 4.69) is 15.0 Å². The summed E-state index contributed by atoms with van der Waals surface area (Å²) in [6.45, 7) is 3.48. The molecule has 0 saturated carbocycles.